The van der Waals surface area contributed by atoms with E-state index in [0.717, 1.165) is 44.1 Å². The number of alkyl halides is 3. The SMILES string of the molecule is FC(F)(F)c1cc2cccc3c2c2c4c-3cccc4n(-c3ccc(-c4nc(-c5ccccc5)nc(-c5ccccc5)n4)cc3)c12. The number of aromatic nitrogens is 4. The van der Waals surface area contributed by atoms with Crippen molar-refractivity contribution < 1.29 is 13.2 Å². The third-order valence-corrected chi connectivity index (χ3v) is 8.57. The van der Waals surface area contributed by atoms with Gasteiger partial charge in [0.05, 0.1) is 16.6 Å². The van der Waals surface area contributed by atoms with Crippen LogP contribution in [0.2, 0.25) is 0 Å². The molecule has 2 aromatic heterocycles. The Hall–Kier alpha value is -5.82. The van der Waals surface area contributed by atoms with Crippen molar-refractivity contribution in [3.05, 3.63) is 133 Å². The van der Waals surface area contributed by atoms with Gasteiger partial charge in [0, 0.05) is 33.2 Å². The number of hydrogen-bond donors (Lipinski definition) is 0. The lowest BCUT2D eigenvalue weighted by atomic mass is 9.99. The van der Waals surface area contributed by atoms with Crippen LogP contribution >= 0.6 is 0 Å². The minimum atomic E-state index is -4.54. The molecule has 0 atom stereocenters. The summed E-state index contributed by atoms with van der Waals surface area (Å²) < 4.78 is 45.8. The summed E-state index contributed by atoms with van der Waals surface area (Å²) >= 11 is 0. The smallest absolute Gasteiger partial charge is 0.309 e. The Morgan fingerprint density at radius 2 is 1.02 bits per heavy atom. The van der Waals surface area contributed by atoms with E-state index in [1.165, 1.54) is 6.07 Å². The van der Waals surface area contributed by atoms with Gasteiger partial charge in [-0.05, 0) is 58.3 Å². The summed E-state index contributed by atoms with van der Waals surface area (Å²) in [6.45, 7) is 0. The van der Waals surface area contributed by atoms with Gasteiger partial charge in [0.25, 0.3) is 0 Å². The number of hydrogen-bond acceptors (Lipinski definition) is 3. The quantitative estimate of drug-likeness (QED) is 0.205. The molecule has 2 heterocycles. The first-order chi connectivity index (χ1) is 22.0. The second kappa shape index (κ2) is 9.34. The fourth-order valence-corrected chi connectivity index (χ4v) is 6.66. The maximum Gasteiger partial charge on any atom is 0.418 e. The number of fused-ring (bicyclic) bond motifs is 1. The maximum absolute atomic E-state index is 14.7. The highest BCUT2D eigenvalue weighted by Gasteiger charge is 2.38. The van der Waals surface area contributed by atoms with Crippen molar-refractivity contribution in [1.82, 2.24) is 19.5 Å². The number of rotatable bonds is 4. The van der Waals surface area contributed by atoms with Crippen molar-refractivity contribution in [2.24, 2.45) is 0 Å². The molecule has 0 N–H and O–H groups in total. The zero-order chi connectivity index (χ0) is 30.3. The Labute approximate surface area is 255 Å². The average molecular weight is 591 g/mol. The molecule has 8 aromatic rings. The van der Waals surface area contributed by atoms with Crippen LogP contribution in [0.25, 0.3) is 83.6 Å². The van der Waals surface area contributed by atoms with E-state index in [2.05, 4.69) is 0 Å². The molecule has 214 valence electrons. The lowest BCUT2D eigenvalue weighted by molar-refractivity contribution is -0.136. The van der Waals surface area contributed by atoms with Crippen LogP contribution in [-0.4, -0.2) is 19.5 Å². The van der Waals surface area contributed by atoms with Crippen molar-refractivity contribution in [2.45, 2.75) is 6.18 Å². The van der Waals surface area contributed by atoms with Crippen LogP contribution in [0.3, 0.4) is 0 Å². The van der Waals surface area contributed by atoms with Gasteiger partial charge < -0.3 is 4.57 Å². The van der Waals surface area contributed by atoms with E-state index in [0.29, 0.717) is 33.9 Å². The van der Waals surface area contributed by atoms with Crippen molar-refractivity contribution in [3.63, 3.8) is 0 Å². The third-order valence-electron chi connectivity index (χ3n) is 8.57. The van der Waals surface area contributed by atoms with Gasteiger partial charge in [-0.2, -0.15) is 13.2 Å². The average Bonchev–Trinajstić information content (AvgIpc) is 3.61. The highest BCUT2D eigenvalue weighted by molar-refractivity contribution is 6.34. The molecule has 0 spiro atoms. The number of halogens is 3. The second-order valence-electron chi connectivity index (χ2n) is 11.2. The van der Waals surface area contributed by atoms with Crippen molar-refractivity contribution >= 4 is 32.6 Å². The van der Waals surface area contributed by atoms with E-state index < -0.39 is 11.7 Å². The zero-order valence-electron chi connectivity index (χ0n) is 23.5. The molecule has 45 heavy (non-hydrogen) atoms. The van der Waals surface area contributed by atoms with Crippen LogP contribution in [0, 0.1) is 0 Å². The van der Waals surface area contributed by atoms with Crippen LogP contribution in [-0.2, 0) is 6.18 Å². The minimum absolute atomic E-state index is 0.174. The van der Waals surface area contributed by atoms with Crippen LogP contribution in [0.5, 0.6) is 0 Å². The van der Waals surface area contributed by atoms with E-state index in [1.807, 2.05) is 115 Å². The molecule has 4 nitrogen and oxygen atoms in total. The topological polar surface area (TPSA) is 43.6 Å². The van der Waals surface area contributed by atoms with Crippen LogP contribution in [0.4, 0.5) is 13.2 Å². The zero-order valence-corrected chi connectivity index (χ0v) is 23.5. The van der Waals surface area contributed by atoms with Crippen LogP contribution in [0.1, 0.15) is 5.56 Å². The lowest BCUT2D eigenvalue weighted by Gasteiger charge is -2.16. The first-order valence-corrected chi connectivity index (χ1v) is 14.5. The molecule has 0 aliphatic heterocycles. The predicted octanol–water partition coefficient (Wildman–Crippen LogP) is 10.1. The van der Waals surface area contributed by atoms with E-state index in [1.54, 1.807) is 10.6 Å². The lowest BCUT2D eigenvalue weighted by Crippen LogP contribution is -2.09. The fourth-order valence-electron chi connectivity index (χ4n) is 6.66. The number of benzene rings is 6. The first-order valence-electron chi connectivity index (χ1n) is 14.5. The summed E-state index contributed by atoms with van der Waals surface area (Å²) in [7, 11) is 0. The maximum atomic E-state index is 14.7. The Morgan fingerprint density at radius 1 is 0.489 bits per heavy atom. The van der Waals surface area contributed by atoms with Crippen LogP contribution < -0.4 is 0 Å². The Morgan fingerprint density at radius 3 is 1.60 bits per heavy atom. The van der Waals surface area contributed by atoms with Gasteiger partial charge in [-0.25, -0.2) is 15.0 Å². The summed E-state index contributed by atoms with van der Waals surface area (Å²) in [5.41, 5.74) is 5.27. The molecule has 0 unspecified atom stereocenters. The molecule has 1 aliphatic rings. The van der Waals surface area contributed by atoms with Crippen LogP contribution in [0.15, 0.2) is 127 Å². The Kier molecular flexibility index (Phi) is 5.32. The van der Waals surface area contributed by atoms with Gasteiger partial charge in [0.15, 0.2) is 17.5 Å². The van der Waals surface area contributed by atoms with E-state index in [4.69, 9.17) is 15.0 Å². The summed E-state index contributed by atoms with van der Waals surface area (Å²) in [5.74, 6) is 1.56. The van der Waals surface area contributed by atoms with Gasteiger partial charge >= 0.3 is 6.18 Å². The molecular weight excluding hydrogens is 569 g/mol. The van der Waals surface area contributed by atoms with E-state index >= 15 is 0 Å². The summed E-state index contributed by atoms with van der Waals surface area (Å²) in [4.78, 5) is 14.4. The van der Waals surface area contributed by atoms with Gasteiger partial charge in [0.1, 0.15) is 0 Å². The first kappa shape index (κ1) is 25.7. The van der Waals surface area contributed by atoms with Gasteiger partial charge in [-0.3, -0.25) is 0 Å². The molecule has 0 amide bonds. The highest BCUT2D eigenvalue weighted by atomic mass is 19.4. The Bertz CT molecular complexity index is 2390. The van der Waals surface area contributed by atoms with Gasteiger partial charge in [-0.1, -0.05) is 91.0 Å². The Balaban J connectivity index is 1.25. The molecule has 6 aromatic carbocycles. The van der Waals surface area contributed by atoms with Crippen molar-refractivity contribution in [1.29, 1.82) is 0 Å². The van der Waals surface area contributed by atoms with Gasteiger partial charge in [-0.15, -0.1) is 0 Å². The van der Waals surface area contributed by atoms with Crippen molar-refractivity contribution in [2.75, 3.05) is 0 Å². The summed E-state index contributed by atoms with van der Waals surface area (Å²) in [5, 5.41) is 2.97. The van der Waals surface area contributed by atoms with Crippen molar-refractivity contribution in [3.8, 4) is 51.0 Å². The third kappa shape index (κ3) is 3.83. The summed E-state index contributed by atoms with van der Waals surface area (Å²) in [6, 6.07) is 39.5. The molecule has 0 saturated carbocycles. The normalized spacial score (nSPS) is 12.3. The highest BCUT2D eigenvalue weighted by Crippen LogP contribution is 2.52. The molecule has 7 heteroatoms. The van der Waals surface area contributed by atoms with E-state index in [9.17, 15) is 13.2 Å². The monoisotopic (exact) mass is 590 g/mol. The molecular formula is C38H21F3N4. The number of nitrogens with zero attached hydrogens (tertiary/aromatic N) is 4. The largest absolute Gasteiger partial charge is 0.418 e. The fraction of sp³-hybridized carbons (Fsp3) is 0.0263. The molecule has 0 bridgehead atoms. The van der Waals surface area contributed by atoms with E-state index in [-0.39, 0.29) is 5.52 Å². The predicted molar refractivity (Wildman–Crippen MR) is 172 cm³/mol. The van der Waals surface area contributed by atoms with Gasteiger partial charge in [0.2, 0.25) is 0 Å². The molecule has 0 radical (unpaired) electrons. The standard InChI is InChI=1S/C38H21F3N4/c39-38(40,41)29-21-25-13-7-14-27-28-15-8-16-30-32(28)33(31(25)27)34(29)45(30)26-19-17-24(18-20-26)37-43-35(22-9-3-1-4-10-22)42-36(44-37)23-11-5-2-6-12-23/h1-21H. The second-order valence-corrected chi connectivity index (χ2v) is 11.2. The molecule has 9 rings (SSSR count). The molecule has 0 fully saturated rings. The minimum Gasteiger partial charge on any atom is -0.309 e. The summed E-state index contributed by atoms with van der Waals surface area (Å²) in [6.07, 6.45) is -4.54. The molecule has 1 aliphatic carbocycles. The molecule has 0 saturated heterocycles.